The predicted octanol–water partition coefficient (Wildman–Crippen LogP) is 2.52. The van der Waals surface area contributed by atoms with Crippen molar-refractivity contribution in [2.24, 2.45) is 0 Å². The van der Waals surface area contributed by atoms with E-state index in [2.05, 4.69) is 10.6 Å². The number of benzene rings is 1. The lowest BCUT2D eigenvalue weighted by Gasteiger charge is -2.11. The van der Waals surface area contributed by atoms with E-state index in [1.165, 1.54) is 0 Å². The zero-order chi connectivity index (χ0) is 14.4. The summed E-state index contributed by atoms with van der Waals surface area (Å²) in [6, 6.07) is 5.64. The molecular weight excluding hydrogens is 276 g/mol. The Bertz CT molecular complexity index is 466. The minimum Gasteiger partial charge on any atom is -0.454 e. The van der Waals surface area contributed by atoms with Crippen LogP contribution in [0.2, 0.25) is 0 Å². The zero-order valence-corrected chi connectivity index (χ0v) is 12.6. The molecule has 6 heteroatoms. The second kappa shape index (κ2) is 7.31. The Morgan fingerprint density at radius 1 is 1.35 bits per heavy atom. The van der Waals surface area contributed by atoms with Crippen LogP contribution in [0.25, 0.3) is 0 Å². The summed E-state index contributed by atoms with van der Waals surface area (Å²) in [5.74, 6) is 1.50. The van der Waals surface area contributed by atoms with Crippen molar-refractivity contribution in [2.75, 3.05) is 25.3 Å². The Kier molecular flexibility index (Phi) is 5.43. The SMILES string of the molecule is CC(C)OCCCNC(=S)Nc1ccc2c(c1)OCO2. The molecule has 1 aromatic carbocycles. The Labute approximate surface area is 124 Å². The van der Waals surface area contributed by atoms with Crippen LogP contribution in [0.5, 0.6) is 11.5 Å². The fourth-order valence-electron chi connectivity index (χ4n) is 1.74. The van der Waals surface area contributed by atoms with Crippen LogP contribution in [0, 0.1) is 0 Å². The summed E-state index contributed by atoms with van der Waals surface area (Å²) in [6.07, 6.45) is 1.19. The molecule has 1 aliphatic heterocycles. The first-order valence-electron chi connectivity index (χ1n) is 6.71. The summed E-state index contributed by atoms with van der Waals surface area (Å²) >= 11 is 5.23. The van der Waals surface area contributed by atoms with Crippen LogP contribution in [-0.2, 0) is 4.74 Å². The second-order valence-electron chi connectivity index (χ2n) is 4.72. The Morgan fingerprint density at radius 2 is 2.15 bits per heavy atom. The van der Waals surface area contributed by atoms with Gasteiger partial charge in [0.2, 0.25) is 6.79 Å². The highest BCUT2D eigenvalue weighted by molar-refractivity contribution is 7.80. The van der Waals surface area contributed by atoms with Crippen LogP contribution in [0.4, 0.5) is 5.69 Å². The molecule has 2 rings (SSSR count). The van der Waals surface area contributed by atoms with Crippen molar-refractivity contribution < 1.29 is 14.2 Å². The molecule has 0 saturated carbocycles. The molecule has 0 bridgehead atoms. The summed E-state index contributed by atoms with van der Waals surface area (Å²) in [5, 5.41) is 6.85. The van der Waals surface area contributed by atoms with Crippen molar-refractivity contribution in [3.63, 3.8) is 0 Å². The third-order valence-corrected chi connectivity index (χ3v) is 2.93. The fourth-order valence-corrected chi connectivity index (χ4v) is 1.96. The third-order valence-electron chi connectivity index (χ3n) is 2.69. The molecule has 0 atom stereocenters. The summed E-state index contributed by atoms with van der Waals surface area (Å²) in [4.78, 5) is 0. The largest absolute Gasteiger partial charge is 0.454 e. The van der Waals surface area contributed by atoms with Crippen LogP contribution >= 0.6 is 12.2 Å². The maximum Gasteiger partial charge on any atom is 0.231 e. The van der Waals surface area contributed by atoms with Gasteiger partial charge in [0.25, 0.3) is 0 Å². The van der Waals surface area contributed by atoms with E-state index in [9.17, 15) is 0 Å². The molecule has 0 aromatic heterocycles. The van der Waals surface area contributed by atoms with Gasteiger partial charge in [-0.1, -0.05) is 0 Å². The molecular formula is C14H20N2O3S. The van der Waals surface area contributed by atoms with Crippen LogP contribution in [-0.4, -0.2) is 31.2 Å². The summed E-state index contributed by atoms with van der Waals surface area (Å²) < 4.78 is 16.0. The molecule has 0 spiro atoms. The number of hydrogen-bond acceptors (Lipinski definition) is 4. The maximum atomic E-state index is 5.46. The quantitative estimate of drug-likeness (QED) is 0.621. The van der Waals surface area contributed by atoms with Gasteiger partial charge in [0, 0.05) is 24.9 Å². The van der Waals surface area contributed by atoms with E-state index in [0.29, 0.717) is 5.11 Å². The molecule has 1 heterocycles. The monoisotopic (exact) mass is 296 g/mol. The number of nitrogens with one attached hydrogen (secondary N) is 2. The topological polar surface area (TPSA) is 51.8 Å². The molecule has 1 aromatic rings. The molecule has 2 N–H and O–H groups in total. The summed E-state index contributed by atoms with van der Waals surface area (Å²) in [6.45, 7) is 5.84. The van der Waals surface area contributed by atoms with E-state index >= 15 is 0 Å². The zero-order valence-electron chi connectivity index (χ0n) is 11.8. The number of ether oxygens (including phenoxy) is 3. The highest BCUT2D eigenvalue weighted by Gasteiger charge is 2.13. The minimum atomic E-state index is 0.272. The van der Waals surface area contributed by atoms with E-state index in [1.807, 2.05) is 32.0 Å². The van der Waals surface area contributed by atoms with E-state index in [-0.39, 0.29) is 12.9 Å². The fraction of sp³-hybridized carbons (Fsp3) is 0.500. The number of thiocarbonyl (C=S) groups is 1. The minimum absolute atomic E-state index is 0.272. The Balaban J connectivity index is 1.69. The van der Waals surface area contributed by atoms with Gasteiger partial charge in [-0.05, 0) is 44.6 Å². The lowest BCUT2D eigenvalue weighted by molar-refractivity contribution is 0.0777. The first-order valence-corrected chi connectivity index (χ1v) is 7.12. The molecule has 0 aliphatic carbocycles. The van der Waals surface area contributed by atoms with Crippen LogP contribution in [0.1, 0.15) is 20.3 Å². The third kappa shape index (κ3) is 4.54. The van der Waals surface area contributed by atoms with Crippen molar-refractivity contribution in [3.05, 3.63) is 18.2 Å². The molecule has 1 aliphatic rings. The molecule has 20 heavy (non-hydrogen) atoms. The molecule has 110 valence electrons. The van der Waals surface area contributed by atoms with Gasteiger partial charge in [0.15, 0.2) is 16.6 Å². The van der Waals surface area contributed by atoms with Gasteiger partial charge < -0.3 is 24.8 Å². The van der Waals surface area contributed by atoms with Crippen molar-refractivity contribution in [1.82, 2.24) is 5.32 Å². The highest BCUT2D eigenvalue weighted by atomic mass is 32.1. The van der Waals surface area contributed by atoms with Crippen molar-refractivity contribution in [2.45, 2.75) is 26.4 Å². The number of anilines is 1. The van der Waals surface area contributed by atoms with Crippen molar-refractivity contribution in [3.8, 4) is 11.5 Å². The Morgan fingerprint density at radius 3 is 2.95 bits per heavy atom. The molecule has 0 unspecified atom stereocenters. The molecule has 5 nitrogen and oxygen atoms in total. The van der Waals surface area contributed by atoms with E-state index in [4.69, 9.17) is 26.4 Å². The first kappa shape index (κ1) is 14.9. The molecule has 0 radical (unpaired) electrons. The Hall–Kier alpha value is -1.53. The molecule has 0 amide bonds. The van der Waals surface area contributed by atoms with E-state index < -0.39 is 0 Å². The predicted molar refractivity (Wildman–Crippen MR) is 82.5 cm³/mol. The average molecular weight is 296 g/mol. The van der Waals surface area contributed by atoms with E-state index in [1.54, 1.807) is 0 Å². The second-order valence-corrected chi connectivity index (χ2v) is 5.13. The highest BCUT2D eigenvalue weighted by Crippen LogP contribution is 2.34. The van der Waals surface area contributed by atoms with Crippen molar-refractivity contribution >= 4 is 23.0 Å². The van der Waals surface area contributed by atoms with Crippen LogP contribution in [0.3, 0.4) is 0 Å². The molecule has 0 fully saturated rings. The lowest BCUT2D eigenvalue weighted by atomic mass is 10.3. The van der Waals surface area contributed by atoms with Gasteiger partial charge in [0.05, 0.1) is 6.10 Å². The van der Waals surface area contributed by atoms with E-state index in [0.717, 1.165) is 36.8 Å². The van der Waals surface area contributed by atoms with Gasteiger partial charge in [-0.2, -0.15) is 0 Å². The lowest BCUT2D eigenvalue weighted by Crippen LogP contribution is -2.29. The van der Waals surface area contributed by atoms with Gasteiger partial charge in [-0.15, -0.1) is 0 Å². The van der Waals surface area contributed by atoms with Gasteiger partial charge in [-0.25, -0.2) is 0 Å². The number of hydrogen-bond donors (Lipinski definition) is 2. The summed E-state index contributed by atoms with van der Waals surface area (Å²) in [7, 11) is 0. The number of rotatable bonds is 6. The van der Waals surface area contributed by atoms with Crippen LogP contribution in [0.15, 0.2) is 18.2 Å². The smallest absolute Gasteiger partial charge is 0.231 e. The first-order chi connectivity index (χ1) is 9.65. The standard InChI is InChI=1S/C14H20N2O3S/c1-10(2)17-7-3-6-15-14(20)16-11-4-5-12-13(8-11)19-9-18-12/h4-5,8,10H,3,6-7,9H2,1-2H3,(H2,15,16,20). The number of fused-ring (bicyclic) bond motifs is 1. The molecule has 0 saturated heterocycles. The van der Waals surface area contributed by atoms with Gasteiger partial charge >= 0.3 is 0 Å². The van der Waals surface area contributed by atoms with Gasteiger partial charge in [0.1, 0.15) is 0 Å². The summed E-state index contributed by atoms with van der Waals surface area (Å²) in [5.41, 5.74) is 0.880. The normalized spacial score (nSPS) is 12.6. The van der Waals surface area contributed by atoms with Crippen LogP contribution < -0.4 is 20.1 Å². The maximum absolute atomic E-state index is 5.46. The average Bonchev–Trinajstić information content (AvgIpc) is 2.85. The van der Waals surface area contributed by atoms with Crippen molar-refractivity contribution in [1.29, 1.82) is 0 Å². The van der Waals surface area contributed by atoms with Gasteiger partial charge in [-0.3, -0.25) is 0 Å².